The van der Waals surface area contributed by atoms with Crippen molar-refractivity contribution >= 4 is 66.4 Å². The Morgan fingerprint density at radius 1 is 0.404 bits per heavy atom. The fraction of sp³-hybridized carbons (Fsp3) is 0.0204. The van der Waals surface area contributed by atoms with Gasteiger partial charge in [0.15, 0.2) is 0 Å². The molecule has 52 heavy (non-hydrogen) atoms. The van der Waals surface area contributed by atoms with Crippen molar-refractivity contribution in [3.05, 3.63) is 206 Å². The average molecular weight is 666 g/mol. The van der Waals surface area contributed by atoms with Crippen LogP contribution in [0.4, 0.5) is 34.1 Å². The summed E-state index contributed by atoms with van der Waals surface area (Å²) in [5, 5.41) is 11.3. The summed E-state index contributed by atoms with van der Waals surface area (Å²) in [7, 11) is 0. The molecule has 1 aliphatic heterocycles. The van der Waals surface area contributed by atoms with E-state index in [2.05, 4.69) is 215 Å². The van der Waals surface area contributed by atoms with Crippen molar-refractivity contribution < 1.29 is 0 Å². The normalized spacial score (nSPS) is 13.7. The highest BCUT2D eigenvalue weighted by Crippen LogP contribution is 2.54. The summed E-state index contributed by atoms with van der Waals surface area (Å²) < 4.78 is 0. The first kappa shape index (κ1) is 30.0. The zero-order valence-corrected chi connectivity index (χ0v) is 28.5. The summed E-state index contributed by atoms with van der Waals surface area (Å²) in [6.45, 7) is 0. The third-order valence-corrected chi connectivity index (χ3v) is 10.4. The molecule has 3 heteroatoms. The minimum Gasteiger partial charge on any atom is -0.359 e. The van der Waals surface area contributed by atoms with E-state index in [1.165, 1.54) is 54.7 Å². The van der Waals surface area contributed by atoms with Gasteiger partial charge < -0.3 is 15.1 Å². The van der Waals surface area contributed by atoms with E-state index < -0.39 is 0 Å². The number of anilines is 6. The van der Waals surface area contributed by atoms with E-state index >= 15 is 0 Å². The van der Waals surface area contributed by atoms with Crippen LogP contribution in [0, 0.1) is 0 Å². The molecule has 0 bridgehead atoms. The number of nitrogens with one attached hydrogen (secondary N) is 1. The summed E-state index contributed by atoms with van der Waals surface area (Å²) in [5.41, 5.74) is 10.5. The van der Waals surface area contributed by atoms with Gasteiger partial charge in [-0.2, -0.15) is 0 Å². The lowest BCUT2D eigenvalue weighted by molar-refractivity contribution is 0.830. The van der Waals surface area contributed by atoms with Crippen LogP contribution in [-0.4, -0.2) is 0 Å². The van der Waals surface area contributed by atoms with Crippen LogP contribution in [0.2, 0.25) is 0 Å². The maximum Gasteiger partial charge on any atom is 0.130 e. The van der Waals surface area contributed by atoms with E-state index in [4.69, 9.17) is 0 Å². The van der Waals surface area contributed by atoms with E-state index in [-0.39, 0.29) is 6.17 Å². The second-order valence-corrected chi connectivity index (χ2v) is 13.4. The molecule has 246 valence electrons. The summed E-state index contributed by atoms with van der Waals surface area (Å²) in [6, 6.07) is 72.2. The minimum atomic E-state index is -0.0514. The minimum absolute atomic E-state index is 0.0514. The Morgan fingerprint density at radius 3 is 1.75 bits per heavy atom. The highest BCUT2D eigenvalue weighted by atomic mass is 15.3. The third kappa shape index (κ3) is 5.06. The van der Waals surface area contributed by atoms with Gasteiger partial charge in [-0.1, -0.05) is 152 Å². The summed E-state index contributed by atoms with van der Waals surface area (Å²) in [6.07, 6.45) is -0.0514. The van der Waals surface area contributed by atoms with Crippen LogP contribution in [0.3, 0.4) is 0 Å². The third-order valence-electron chi connectivity index (χ3n) is 10.4. The molecule has 3 nitrogen and oxygen atoms in total. The zero-order valence-electron chi connectivity index (χ0n) is 28.5. The van der Waals surface area contributed by atoms with E-state index in [1.54, 1.807) is 0 Å². The van der Waals surface area contributed by atoms with Crippen LogP contribution in [-0.2, 0) is 0 Å². The van der Waals surface area contributed by atoms with Crippen molar-refractivity contribution in [3.63, 3.8) is 0 Å². The Labute approximate surface area is 303 Å². The van der Waals surface area contributed by atoms with Crippen LogP contribution >= 0.6 is 0 Å². The predicted molar refractivity (Wildman–Crippen MR) is 220 cm³/mol. The Hall–Kier alpha value is -6.84. The van der Waals surface area contributed by atoms with E-state index in [0.29, 0.717) is 0 Å². The molecule has 0 amide bonds. The van der Waals surface area contributed by atoms with Crippen LogP contribution < -0.4 is 15.1 Å². The first-order valence-electron chi connectivity index (χ1n) is 17.9. The van der Waals surface area contributed by atoms with Crippen molar-refractivity contribution in [2.45, 2.75) is 6.17 Å². The fourth-order valence-electron chi connectivity index (χ4n) is 7.96. The maximum atomic E-state index is 4.00. The van der Waals surface area contributed by atoms with Crippen molar-refractivity contribution in [2.24, 2.45) is 0 Å². The van der Waals surface area contributed by atoms with Crippen LogP contribution in [0.15, 0.2) is 200 Å². The Bertz CT molecular complexity index is 2710. The molecule has 9 aromatic carbocycles. The van der Waals surface area contributed by atoms with E-state index in [0.717, 1.165) is 28.4 Å². The molecule has 0 saturated carbocycles. The van der Waals surface area contributed by atoms with Crippen LogP contribution in [0.1, 0.15) is 11.7 Å². The van der Waals surface area contributed by atoms with E-state index in [9.17, 15) is 0 Å². The number of rotatable bonds is 6. The molecule has 0 aliphatic carbocycles. The zero-order chi connectivity index (χ0) is 34.4. The highest BCUT2D eigenvalue weighted by molar-refractivity contribution is 6.23. The molecule has 1 aliphatic rings. The molecular formula is C49H35N3. The van der Waals surface area contributed by atoms with Crippen LogP contribution in [0.5, 0.6) is 0 Å². The molecule has 1 N–H and O–H groups in total. The molecular weight excluding hydrogens is 631 g/mol. The Morgan fingerprint density at radius 2 is 0.981 bits per heavy atom. The quantitative estimate of drug-likeness (QED) is 0.178. The van der Waals surface area contributed by atoms with Gasteiger partial charge in [0.2, 0.25) is 0 Å². The second kappa shape index (κ2) is 12.5. The smallest absolute Gasteiger partial charge is 0.130 e. The lowest BCUT2D eigenvalue weighted by Gasteiger charge is -2.28. The molecule has 1 heterocycles. The number of hydrogen-bond donors (Lipinski definition) is 1. The van der Waals surface area contributed by atoms with Gasteiger partial charge in [0.05, 0.1) is 11.4 Å². The molecule has 10 rings (SSSR count). The number of fused-ring (bicyclic) bond motifs is 7. The van der Waals surface area contributed by atoms with Gasteiger partial charge in [-0.15, -0.1) is 0 Å². The van der Waals surface area contributed by atoms with Crippen molar-refractivity contribution in [1.82, 2.24) is 0 Å². The van der Waals surface area contributed by atoms with Crippen molar-refractivity contribution in [1.29, 1.82) is 0 Å². The summed E-state index contributed by atoms with van der Waals surface area (Å²) in [5.74, 6) is 0. The maximum absolute atomic E-state index is 4.00. The fourth-order valence-corrected chi connectivity index (χ4v) is 7.96. The first-order chi connectivity index (χ1) is 25.8. The summed E-state index contributed by atoms with van der Waals surface area (Å²) >= 11 is 0. The van der Waals surface area contributed by atoms with Gasteiger partial charge >= 0.3 is 0 Å². The number of para-hydroxylation sites is 1. The largest absolute Gasteiger partial charge is 0.359 e. The molecule has 9 aromatic rings. The molecule has 0 fully saturated rings. The standard InChI is InChI=1S/C49H35N3/c1-4-14-34(15-5-1)36-24-27-40(28-25-36)51(41-29-26-35-16-10-11-19-38(35)32-41)42-30-31-44-46(33-42)43-22-12-13-23-45(43)48-47(44)50-49(37-17-6-2-7-18-37)52(48)39-20-8-3-9-21-39/h1-33,49-50H. The number of hydrogen-bond acceptors (Lipinski definition) is 3. The average Bonchev–Trinajstić information content (AvgIpc) is 3.64. The SMILES string of the molecule is c1ccc(-c2ccc(N(c3ccc4ccccc4c3)c3ccc4c5c(c6ccccc6c4c3)N(c3ccccc3)C(c3ccccc3)N5)cc2)cc1. The van der Waals surface area contributed by atoms with Gasteiger partial charge in [0, 0.05) is 33.5 Å². The van der Waals surface area contributed by atoms with Gasteiger partial charge in [-0.05, 0) is 86.8 Å². The van der Waals surface area contributed by atoms with Crippen molar-refractivity contribution in [3.8, 4) is 11.1 Å². The molecule has 0 saturated heterocycles. The monoisotopic (exact) mass is 665 g/mol. The predicted octanol–water partition coefficient (Wildman–Crippen LogP) is 13.5. The molecule has 1 atom stereocenters. The lowest BCUT2D eigenvalue weighted by atomic mass is 9.97. The van der Waals surface area contributed by atoms with Crippen molar-refractivity contribution in [2.75, 3.05) is 15.1 Å². The molecule has 0 aromatic heterocycles. The van der Waals surface area contributed by atoms with Gasteiger partial charge in [0.1, 0.15) is 6.17 Å². The van der Waals surface area contributed by atoms with Gasteiger partial charge in [0.25, 0.3) is 0 Å². The number of benzene rings is 9. The topological polar surface area (TPSA) is 18.5 Å². The molecule has 0 radical (unpaired) electrons. The first-order valence-corrected chi connectivity index (χ1v) is 17.9. The second-order valence-electron chi connectivity index (χ2n) is 13.4. The Kier molecular flexibility index (Phi) is 7.21. The van der Waals surface area contributed by atoms with Crippen LogP contribution in [0.25, 0.3) is 43.4 Å². The number of nitrogens with zero attached hydrogens (tertiary/aromatic N) is 2. The van der Waals surface area contributed by atoms with Gasteiger partial charge in [-0.3, -0.25) is 0 Å². The van der Waals surface area contributed by atoms with E-state index in [1.807, 2.05) is 0 Å². The van der Waals surface area contributed by atoms with Gasteiger partial charge in [-0.25, -0.2) is 0 Å². The highest BCUT2D eigenvalue weighted by Gasteiger charge is 2.34. The summed E-state index contributed by atoms with van der Waals surface area (Å²) in [4.78, 5) is 4.86. The molecule has 0 spiro atoms. The molecule has 1 unspecified atom stereocenters. The lowest BCUT2D eigenvalue weighted by Crippen LogP contribution is -2.23. The Balaban J connectivity index is 1.18.